The van der Waals surface area contributed by atoms with Gasteiger partial charge < -0.3 is 15.1 Å². The Morgan fingerprint density at radius 2 is 1.55 bits per heavy atom. The molecular formula is C24H32N4O4S. The number of piperazine rings is 1. The van der Waals surface area contributed by atoms with Gasteiger partial charge in [-0.05, 0) is 69.3 Å². The summed E-state index contributed by atoms with van der Waals surface area (Å²) in [5.41, 5.74) is 2.12. The monoisotopic (exact) mass is 472 g/mol. The Labute approximate surface area is 196 Å². The molecule has 0 radical (unpaired) electrons. The van der Waals surface area contributed by atoms with Crippen molar-refractivity contribution in [2.24, 2.45) is 0 Å². The zero-order valence-electron chi connectivity index (χ0n) is 19.4. The summed E-state index contributed by atoms with van der Waals surface area (Å²) >= 11 is 0. The second-order valence-corrected chi connectivity index (χ2v) is 10.4. The third kappa shape index (κ3) is 7.12. The number of benzene rings is 2. The van der Waals surface area contributed by atoms with E-state index in [-0.39, 0.29) is 29.2 Å². The number of nitrogens with zero attached hydrogens (tertiary/aromatic N) is 2. The lowest BCUT2D eigenvalue weighted by Crippen LogP contribution is -2.47. The topological polar surface area (TPSA) is 98.8 Å². The molecule has 0 saturated carbocycles. The van der Waals surface area contributed by atoms with Crippen LogP contribution in [-0.4, -0.2) is 69.3 Å². The number of likely N-dealkylation sites (N-methyl/N-ethyl adjacent to an activating group) is 1. The maximum absolute atomic E-state index is 12.6. The van der Waals surface area contributed by atoms with Crippen molar-refractivity contribution in [3.63, 3.8) is 0 Å². The van der Waals surface area contributed by atoms with E-state index in [0.717, 1.165) is 31.7 Å². The van der Waals surface area contributed by atoms with Crippen LogP contribution in [0, 0.1) is 0 Å². The van der Waals surface area contributed by atoms with E-state index in [1.807, 2.05) is 11.9 Å². The fourth-order valence-corrected chi connectivity index (χ4v) is 4.83. The molecule has 2 aromatic rings. The normalized spacial score (nSPS) is 15.0. The van der Waals surface area contributed by atoms with Crippen LogP contribution in [-0.2, 0) is 21.2 Å². The molecule has 33 heavy (non-hydrogen) atoms. The minimum Gasteiger partial charge on any atom is -0.336 e. The Morgan fingerprint density at radius 1 is 0.939 bits per heavy atom. The van der Waals surface area contributed by atoms with Crippen LogP contribution in [0.1, 0.15) is 36.2 Å². The SMILES string of the molecule is CC(C)NS(=O)(=O)c1ccc(CCC(=O)Nc2ccc(C(=O)N3CCN(C)CC3)cc2)cc1. The number of sulfonamides is 1. The molecule has 1 saturated heterocycles. The number of amides is 2. The van der Waals surface area contributed by atoms with E-state index in [1.54, 1.807) is 62.4 Å². The van der Waals surface area contributed by atoms with Crippen molar-refractivity contribution < 1.29 is 18.0 Å². The minimum atomic E-state index is -3.53. The first-order valence-electron chi connectivity index (χ1n) is 11.1. The molecule has 1 aliphatic heterocycles. The first-order chi connectivity index (χ1) is 15.6. The molecule has 9 heteroatoms. The highest BCUT2D eigenvalue weighted by atomic mass is 32.2. The summed E-state index contributed by atoms with van der Waals surface area (Å²) in [5, 5.41) is 2.84. The minimum absolute atomic E-state index is 0.00929. The largest absolute Gasteiger partial charge is 0.336 e. The number of carbonyl (C=O) groups is 2. The van der Waals surface area contributed by atoms with Gasteiger partial charge in [-0.2, -0.15) is 0 Å². The van der Waals surface area contributed by atoms with Gasteiger partial charge in [0.1, 0.15) is 0 Å². The zero-order chi connectivity index (χ0) is 24.0. The maximum Gasteiger partial charge on any atom is 0.253 e. The molecule has 0 unspecified atom stereocenters. The molecule has 1 aliphatic rings. The summed E-state index contributed by atoms with van der Waals surface area (Å²) < 4.78 is 26.9. The Bertz CT molecular complexity index is 1060. The number of anilines is 1. The van der Waals surface area contributed by atoms with Crippen LogP contribution in [0.4, 0.5) is 5.69 Å². The van der Waals surface area contributed by atoms with E-state index in [9.17, 15) is 18.0 Å². The van der Waals surface area contributed by atoms with Gasteiger partial charge in [-0.25, -0.2) is 13.1 Å². The summed E-state index contributed by atoms with van der Waals surface area (Å²) in [4.78, 5) is 29.2. The standard InChI is InChI=1S/C24H32N4O4S/c1-18(2)26-33(31,32)22-11-4-19(5-12-22)6-13-23(29)25-21-9-7-20(8-10-21)24(30)28-16-14-27(3)15-17-28/h4-5,7-12,18,26H,6,13-17H2,1-3H3,(H,25,29). The van der Waals surface area contributed by atoms with Crippen molar-refractivity contribution >= 4 is 27.5 Å². The molecule has 178 valence electrons. The van der Waals surface area contributed by atoms with Crippen molar-refractivity contribution in [2.75, 3.05) is 38.5 Å². The quantitative estimate of drug-likeness (QED) is 0.614. The number of nitrogens with one attached hydrogen (secondary N) is 2. The lowest BCUT2D eigenvalue weighted by atomic mass is 10.1. The Balaban J connectivity index is 1.49. The molecule has 8 nitrogen and oxygen atoms in total. The lowest BCUT2D eigenvalue weighted by Gasteiger charge is -2.32. The zero-order valence-corrected chi connectivity index (χ0v) is 20.2. The van der Waals surface area contributed by atoms with Crippen molar-refractivity contribution in [2.45, 2.75) is 37.6 Å². The molecule has 0 bridgehead atoms. The second kappa shape index (κ2) is 10.9. The number of aryl methyl sites for hydroxylation is 1. The number of rotatable bonds is 8. The summed E-state index contributed by atoms with van der Waals surface area (Å²) in [6, 6.07) is 13.3. The van der Waals surface area contributed by atoms with Gasteiger partial charge in [0.05, 0.1) is 4.90 Å². The van der Waals surface area contributed by atoms with E-state index < -0.39 is 10.0 Å². The van der Waals surface area contributed by atoms with Crippen LogP contribution in [0.2, 0.25) is 0 Å². The highest BCUT2D eigenvalue weighted by molar-refractivity contribution is 7.89. The van der Waals surface area contributed by atoms with E-state index in [1.165, 1.54) is 0 Å². The van der Waals surface area contributed by atoms with E-state index >= 15 is 0 Å². The number of carbonyl (C=O) groups excluding carboxylic acids is 2. The summed E-state index contributed by atoms with van der Waals surface area (Å²) in [6.07, 6.45) is 0.752. The first kappa shape index (κ1) is 24.9. The molecule has 1 fully saturated rings. The van der Waals surface area contributed by atoms with E-state index in [2.05, 4.69) is 14.9 Å². The molecule has 2 amide bonds. The summed E-state index contributed by atoms with van der Waals surface area (Å²) in [5.74, 6) is -0.138. The predicted molar refractivity (Wildman–Crippen MR) is 129 cm³/mol. The van der Waals surface area contributed by atoms with Gasteiger partial charge in [0.2, 0.25) is 15.9 Å². The van der Waals surface area contributed by atoms with Crippen LogP contribution < -0.4 is 10.0 Å². The van der Waals surface area contributed by atoms with Gasteiger partial charge in [-0.1, -0.05) is 12.1 Å². The molecule has 2 aromatic carbocycles. The predicted octanol–water partition coefficient (Wildman–Crippen LogP) is 2.33. The second-order valence-electron chi connectivity index (χ2n) is 8.64. The average Bonchev–Trinajstić information content (AvgIpc) is 2.78. The van der Waals surface area contributed by atoms with Crippen LogP contribution in [0.5, 0.6) is 0 Å². The highest BCUT2D eigenvalue weighted by Crippen LogP contribution is 2.15. The van der Waals surface area contributed by atoms with Crippen LogP contribution >= 0.6 is 0 Å². The molecule has 1 heterocycles. The van der Waals surface area contributed by atoms with Gasteiger partial charge >= 0.3 is 0 Å². The van der Waals surface area contributed by atoms with Crippen molar-refractivity contribution in [1.29, 1.82) is 0 Å². The molecule has 0 atom stereocenters. The van der Waals surface area contributed by atoms with Gasteiger partial charge in [-0.3, -0.25) is 9.59 Å². The Kier molecular flexibility index (Phi) is 8.23. The summed E-state index contributed by atoms with van der Waals surface area (Å²) in [6.45, 7) is 6.71. The van der Waals surface area contributed by atoms with Crippen molar-refractivity contribution in [3.8, 4) is 0 Å². The van der Waals surface area contributed by atoms with Gasteiger partial charge in [0, 0.05) is 49.9 Å². The molecule has 0 spiro atoms. The van der Waals surface area contributed by atoms with Gasteiger partial charge in [0.25, 0.3) is 5.91 Å². The third-order valence-electron chi connectivity index (χ3n) is 5.47. The van der Waals surface area contributed by atoms with Gasteiger partial charge in [0.15, 0.2) is 0 Å². The molecule has 0 aliphatic carbocycles. The number of hydrogen-bond acceptors (Lipinski definition) is 5. The van der Waals surface area contributed by atoms with E-state index in [4.69, 9.17) is 0 Å². The van der Waals surface area contributed by atoms with Crippen molar-refractivity contribution in [1.82, 2.24) is 14.5 Å². The Morgan fingerprint density at radius 3 is 2.12 bits per heavy atom. The van der Waals surface area contributed by atoms with Crippen molar-refractivity contribution in [3.05, 3.63) is 59.7 Å². The highest BCUT2D eigenvalue weighted by Gasteiger charge is 2.20. The van der Waals surface area contributed by atoms with Gasteiger partial charge in [-0.15, -0.1) is 0 Å². The van der Waals surface area contributed by atoms with Crippen LogP contribution in [0.25, 0.3) is 0 Å². The fraction of sp³-hybridized carbons (Fsp3) is 0.417. The smallest absolute Gasteiger partial charge is 0.253 e. The molecule has 0 aromatic heterocycles. The molecular weight excluding hydrogens is 440 g/mol. The molecule has 2 N–H and O–H groups in total. The van der Waals surface area contributed by atoms with E-state index in [0.29, 0.717) is 17.7 Å². The van der Waals surface area contributed by atoms with Crippen LogP contribution in [0.15, 0.2) is 53.4 Å². The number of hydrogen-bond donors (Lipinski definition) is 2. The summed E-state index contributed by atoms with van der Waals surface area (Å²) in [7, 11) is -1.48. The van der Waals surface area contributed by atoms with Crippen LogP contribution in [0.3, 0.4) is 0 Å². The lowest BCUT2D eigenvalue weighted by molar-refractivity contribution is -0.116. The Hall–Kier alpha value is -2.75. The maximum atomic E-state index is 12.6. The third-order valence-corrected chi connectivity index (χ3v) is 7.15. The fourth-order valence-electron chi connectivity index (χ4n) is 3.58. The average molecular weight is 473 g/mol. The first-order valence-corrected chi connectivity index (χ1v) is 12.6. The molecule has 3 rings (SSSR count).